The fourth-order valence-corrected chi connectivity index (χ4v) is 3.04. The molecule has 0 saturated carbocycles. The molecule has 1 fully saturated rings. The normalized spacial score (nSPS) is 24.1. The van der Waals surface area contributed by atoms with E-state index in [4.69, 9.17) is 25.8 Å². The molecule has 1 saturated heterocycles. The first-order chi connectivity index (χ1) is 11.2. The van der Waals surface area contributed by atoms with Gasteiger partial charge in [0, 0.05) is 11.6 Å². The molecule has 23 heavy (non-hydrogen) atoms. The maximum absolute atomic E-state index is 12.5. The van der Waals surface area contributed by atoms with Crippen LogP contribution in [0.2, 0.25) is 5.02 Å². The summed E-state index contributed by atoms with van der Waals surface area (Å²) in [5.41, 5.74) is 0.667. The Labute approximate surface area is 140 Å². The summed E-state index contributed by atoms with van der Waals surface area (Å²) in [6.07, 6.45) is 3.82. The minimum Gasteiger partial charge on any atom is -0.494 e. The molecule has 0 spiro atoms. The number of carbonyl (C=O) groups is 1. The number of rotatable bonds is 4. The fraction of sp³-hybridized carbons (Fsp3) is 0.471. The van der Waals surface area contributed by atoms with E-state index in [1.165, 1.54) is 6.26 Å². The Kier molecular flexibility index (Phi) is 5.08. The highest BCUT2D eigenvalue weighted by Crippen LogP contribution is 2.25. The molecule has 2 aliphatic rings. The molecule has 1 aromatic rings. The van der Waals surface area contributed by atoms with Crippen molar-refractivity contribution in [3.8, 4) is 0 Å². The van der Waals surface area contributed by atoms with Crippen LogP contribution in [0.4, 0.5) is 0 Å². The number of hydrogen-bond donors (Lipinski definition) is 1. The van der Waals surface area contributed by atoms with E-state index in [0.717, 1.165) is 25.0 Å². The molecule has 0 bridgehead atoms. The molecule has 0 radical (unpaired) electrons. The van der Waals surface area contributed by atoms with Crippen LogP contribution in [0.25, 0.3) is 0 Å². The first-order valence-electron chi connectivity index (χ1n) is 7.76. The third-order valence-corrected chi connectivity index (χ3v) is 4.28. The molecule has 0 aromatic heterocycles. The summed E-state index contributed by atoms with van der Waals surface area (Å²) in [6.45, 7) is 2.06. The molecule has 3 rings (SSSR count). The highest BCUT2D eigenvalue weighted by atomic mass is 35.5. The van der Waals surface area contributed by atoms with Crippen LogP contribution < -0.4 is 5.32 Å². The average Bonchev–Trinajstić information content (AvgIpc) is 2.58. The largest absolute Gasteiger partial charge is 0.494 e. The predicted octanol–water partition coefficient (Wildman–Crippen LogP) is 2.44. The number of nitrogens with one attached hydrogen (secondary N) is 1. The molecular weight excluding hydrogens is 318 g/mol. The second-order valence-electron chi connectivity index (χ2n) is 5.90. The average molecular weight is 338 g/mol. The summed E-state index contributed by atoms with van der Waals surface area (Å²) in [7, 11) is 0. The predicted molar refractivity (Wildman–Crippen MR) is 86.1 cm³/mol. The monoisotopic (exact) mass is 337 g/mol. The maximum Gasteiger partial charge on any atom is 0.290 e. The van der Waals surface area contributed by atoms with E-state index >= 15 is 0 Å². The van der Waals surface area contributed by atoms with Crippen LogP contribution in [0.3, 0.4) is 0 Å². The van der Waals surface area contributed by atoms with Gasteiger partial charge in [0.1, 0.15) is 19.5 Å². The van der Waals surface area contributed by atoms with Crippen molar-refractivity contribution in [3.05, 3.63) is 46.9 Å². The van der Waals surface area contributed by atoms with Crippen molar-refractivity contribution >= 4 is 17.5 Å². The van der Waals surface area contributed by atoms with Crippen LogP contribution in [-0.4, -0.2) is 37.9 Å². The van der Waals surface area contributed by atoms with Gasteiger partial charge in [-0.3, -0.25) is 4.79 Å². The molecular formula is C17H20ClNO4. The molecule has 124 valence electrons. The van der Waals surface area contributed by atoms with Crippen LogP contribution in [0.5, 0.6) is 0 Å². The minimum atomic E-state index is -0.440. The first-order valence-corrected chi connectivity index (χ1v) is 8.14. The summed E-state index contributed by atoms with van der Waals surface area (Å²) in [6, 6.07) is 7.67. The molecule has 1 amide bonds. The lowest BCUT2D eigenvalue weighted by atomic mass is 9.85. The van der Waals surface area contributed by atoms with Gasteiger partial charge in [-0.1, -0.05) is 23.7 Å². The third kappa shape index (κ3) is 4.18. The number of benzene rings is 1. The van der Waals surface area contributed by atoms with Crippen LogP contribution in [-0.2, 0) is 25.4 Å². The molecule has 0 aliphatic carbocycles. The van der Waals surface area contributed by atoms with Gasteiger partial charge in [0.05, 0.1) is 12.1 Å². The summed E-state index contributed by atoms with van der Waals surface area (Å²) < 4.78 is 16.2. The lowest BCUT2D eigenvalue weighted by Gasteiger charge is -2.38. The third-order valence-electron chi connectivity index (χ3n) is 4.03. The van der Waals surface area contributed by atoms with Crippen LogP contribution in [0.1, 0.15) is 18.4 Å². The van der Waals surface area contributed by atoms with Gasteiger partial charge in [0.2, 0.25) is 5.76 Å². The smallest absolute Gasteiger partial charge is 0.290 e. The van der Waals surface area contributed by atoms with E-state index in [2.05, 4.69) is 5.32 Å². The van der Waals surface area contributed by atoms with E-state index in [-0.39, 0.29) is 11.7 Å². The standard InChI is InChI=1S/C17H20ClNO4/c18-14-4-2-13(3-5-14)10-17(6-1-7-22-12-17)19-16(20)15-11-21-8-9-23-15/h2-5,11H,1,6-10,12H2,(H,19,20). The number of amides is 1. The minimum absolute atomic E-state index is 0.220. The number of ether oxygens (including phenoxy) is 3. The van der Waals surface area contributed by atoms with Gasteiger partial charge in [-0.05, 0) is 37.0 Å². The lowest BCUT2D eigenvalue weighted by molar-refractivity contribution is -0.126. The molecule has 2 aliphatic heterocycles. The van der Waals surface area contributed by atoms with E-state index in [0.29, 0.717) is 31.3 Å². The Bertz CT molecular complexity index is 579. The number of halogens is 1. The summed E-state index contributed by atoms with van der Waals surface area (Å²) >= 11 is 5.94. The van der Waals surface area contributed by atoms with Crippen molar-refractivity contribution in [1.82, 2.24) is 5.32 Å². The van der Waals surface area contributed by atoms with Crippen molar-refractivity contribution < 1.29 is 19.0 Å². The van der Waals surface area contributed by atoms with E-state index < -0.39 is 5.54 Å². The SMILES string of the molecule is O=C(NC1(Cc2ccc(Cl)cc2)CCCOC1)C1=COCCO1. The van der Waals surface area contributed by atoms with Crippen molar-refractivity contribution in [2.75, 3.05) is 26.4 Å². The second-order valence-corrected chi connectivity index (χ2v) is 6.33. The Balaban J connectivity index is 1.74. The molecule has 1 unspecified atom stereocenters. The van der Waals surface area contributed by atoms with E-state index in [1.54, 1.807) is 0 Å². The lowest BCUT2D eigenvalue weighted by Crippen LogP contribution is -2.56. The van der Waals surface area contributed by atoms with Crippen molar-refractivity contribution in [2.45, 2.75) is 24.8 Å². The number of hydrogen-bond acceptors (Lipinski definition) is 4. The van der Waals surface area contributed by atoms with E-state index in [1.807, 2.05) is 24.3 Å². The van der Waals surface area contributed by atoms with Crippen LogP contribution >= 0.6 is 11.6 Å². The van der Waals surface area contributed by atoms with Crippen molar-refractivity contribution in [1.29, 1.82) is 0 Å². The molecule has 6 heteroatoms. The van der Waals surface area contributed by atoms with Gasteiger partial charge in [-0.2, -0.15) is 0 Å². The quantitative estimate of drug-likeness (QED) is 0.917. The summed E-state index contributed by atoms with van der Waals surface area (Å²) in [5.74, 6) is -0.0403. The highest BCUT2D eigenvalue weighted by molar-refractivity contribution is 6.30. The van der Waals surface area contributed by atoms with Crippen molar-refractivity contribution in [3.63, 3.8) is 0 Å². The zero-order valence-corrected chi connectivity index (χ0v) is 13.6. The van der Waals surface area contributed by atoms with Gasteiger partial charge < -0.3 is 19.5 Å². The summed E-state index contributed by atoms with van der Waals surface area (Å²) in [4.78, 5) is 12.5. The molecule has 2 heterocycles. The van der Waals surface area contributed by atoms with Crippen LogP contribution in [0.15, 0.2) is 36.3 Å². The Morgan fingerprint density at radius 1 is 1.22 bits per heavy atom. The topological polar surface area (TPSA) is 56.8 Å². The highest BCUT2D eigenvalue weighted by Gasteiger charge is 2.36. The van der Waals surface area contributed by atoms with Crippen LogP contribution in [0, 0.1) is 0 Å². The van der Waals surface area contributed by atoms with E-state index in [9.17, 15) is 4.79 Å². The summed E-state index contributed by atoms with van der Waals surface area (Å²) in [5, 5.41) is 3.79. The van der Waals surface area contributed by atoms with Gasteiger partial charge in [-0.25, -0.2) is 0 Å². The second kappa shape index (κ2) is 7.23. The number of carbonyl (C=O) groups excluding carboxylic acids is 1. The van der Waals surface area contributed by atoms with Gasteiger partial charge in [0.15, 0.2) is 0 Å². The Morgan fingerprint density at radius 3 is 2.70 bits per heavy atom. The zero-order chi connectivity index (χ0) is 16.1. The Morgan fingerprint density at radius 2 is 2.04 bits per heavy atom. The molecule has 1 N–H and O–H groups in total. The molecule has 1 aromatic carbocycles. The molecule has 5 nitrogen and oxygen atoms in total. The maximum atomic E-state index is 12.5. The van der Waals surface area contributed by atoms with Crippen molar-refractivity contribution in [2.24, 2.45) is 0 Å². The fourth-order valence-electron chi connectivity index (χ4n) is 2.92. The van der Waals surface area contributed by atoms with Gasteiger partial charge in [-0.15, -0.1) is 0 Å². The zero-order valence-electron chi connectivity index (χ0n) is 12.8. The Hall–Kier alpha value is -1.72. The molecule has 1 atom stereocenters. The van der Waals surface area contributed by atoms with Gasteiger partial charge in [0.25, 0.3) is 5.91 Å². The van der Waals surface area contributed by atoms with Gasteiger partial charge >= 0.3 is 0 Å². The first kappa shape index (κ1) is 16.1.